The fourth-order valence-electron chi connectivity index (χ4n) is 2.89. The molecule has 1 saturated heterocycles. The quantitative estimate of drug-likeness (QED) is 0.911. The summed E-state index contributed by atoms with van der Waals surface area (Å²) in [6.07, 6.45) is 2.27. The number of nitrogens with zero attached hydrogens (tertiary/aromatic N) is 2. The summed E-state index contributed by atoms with van der Waals surface area (Å²) in [4.78, 5) is 4.44. The fraction of sp³-hybridized carbons (Fsp3) is 0.353. The zero-order valence-corrected chi connectivity index (χ0v) is 14.2. The molecule has 3 rings (SSSR count). The van der Waals surface area contributed by atoms with E-state index in [-0.39, 0.29) is 18.0 Å². The Kier molecular flexibility index (Phi) is 4.58. The van der Waals surface area contributed by atoms with E-state index >= 15 is 0 Å². The van der Waals surface area contributed by atoms with E-state index in [0.29, 0.717) is 24.3 Å². The molecule has 1 aromatic heterocycles. The first-order chi connectivity index (χ1) is 11.5. The number of benzene rings is 1. The van der Waals surface area contributed by atoms with E-state index in [4.69, 9.17) is 4.74 Å². The van der Waals surface area contributed by atoms with Crippen LogP contribution in [0.3, 0.4) is 0 Å². The van der Waals surface area contributed by atoms with E-state index in [1.54, 1.807) is 30.5 Å². The van der Waals surface area contributed by atoms with Crippen LogP contribution in [0.4, 0.5) is 0 Å². The molecule has 0 atom stereocenters. The van der Waals surface area contributed by atoms with Crippen molar-refractivity contribution in [2.75, 3.05) is 20.2 Å². The highest BCUT2D eigenvalue weighted by atomic mass is 32.2. The summed E-state index contributed by atoms with van der Waals surface area (Å²) in [5.41, 5.74) is -0.487. The van der Waals surface area contributed by atoms with E-state index < -0.39 is 15.6 Å². The van der Waals surface area contributed by atoms with Gasteiger partial charge in [0.15, 0.2) is 0 Å². The zero-order valence-electron chi connectivity index (χ0n) is 13.4. The molecule has 6 nitrogen and oxygen atoms in total. The van der Waals surface area contributed by atoms with Gasteiger partial charge in [-0.3, -0.25) is 4.98 Å². The largest absolute Gasteiger partial charge is 0.497 e. The third-order valence-electron chi connectivity index (χ3n) is 4.39. The molecule has 128 valence electrons. The second kappa shape index (κ2) is 6.51. The van der Waals surface area contributed by atoms with Crippen LogP contribution in [0.5, 0.6) is 5.75 Å². The van der Waals surface area contributed by atoms with Crippen LogP contribution in [0.1, 0.15) is 18.5 Å². The summed E-state index contributed by atoms with van der Waals surface area (Å²) in [7, 11) is -2.04. The topological polar surface area (TPSA) is 79.7 Å². The van der Waals surface area contributed by atoms with Crippen molar-refractivity contribution in [3.63, 3.8) is 0 Å². The van der Waals surface area contributed by atoms with Crippen LogP contribution in [0.15, 0.2) is 53.6 Å². The monoisotopic (exact) mass is 348 g/mol. The van der Waals surface area contributed by atoms with Crippen LogP contribution in [-0.4, -0.2) is 43.0 Å². The normalized spacial score (nSPS) is 18.2. The van der Waals surface area contributed by atoms with Gasteiger partial charge in [0, 0.05) is 19.3 Å². The number of piperidine rings is 1. The lowest BCUT2D eigenvalue weighted by Crippen LogP contribution is -2.45. The van der Waals surface area contributed by atoms with Gasteiger partial charge in [-0.25, -0.2) is 8.42 Å². The van der Waals surface area contributed by atoms with Crippen LogP contribution in [0.25, 0.3) is 0 Å². The van der Waals surface area contributed by atoms with Crippen molar-refractivity contribution in [3.05, 3.63) is 54.4 Å². The number of methoxy groups -OCH3 is 1. The minimum atomic E-state index is -3.57. The Labute approximate surface area is 141 Å². The van der Waals surface area contributed by atoms with Gasteiger partial charge in [0.25, 0.3) is 0 Å². The number of hydrogen-bond donors (Lipinski definition) is 1. The lowest BCUT2D eigenvalue weighted by atomic mass is 9.89. The van der Waals surface area contributed by atoms with E-state index in [2.05, 4.69) is 4.98 Å². The molecular formula is C17H20N2O4S. The van der Waals surface area contributed by atoms with Gasteiger partial charge in [0.1, 0.15) is 11.4 Å². The Balaban J connectivity index is 1.76. The highest BCUT2D eigenvalue weighted by Crippen LogP contribution is 2.33. The predicted octanol–water partition coefficient (Wildman–Crippen LogP) is 1.76. The summed E-state index contributed by atoms with van der Waals surface area (Å²) >= 11 is 0. The Morgan fingerprint density at radius 3 is 2.33 bits per heavy atom. The summed E-state index contributed by atoms with van der Waals surface area (Å²) in [5.74, 6) is 0.608. The molecule has 2 aromatic rings. The number of pyridine rings is 1. The molecule has 1 aromatic carbocycles. The molecule has 24 heavy (non-hydrogen) atoms. The van der Waals surface area contributed by atoms with Crippen molar-refractivity contribution in [1.29, 1.82) is 0 Å². The van der Waals surface area contributed by atoms with Crippen molar-refractivity contribution >= 4 is 10.0 Å². The summed E-state index contributed by atoms with van der Waals surface area (Å²) in [6, 6.07) is 11.7. The van der Waals surface area contributed by atoms with Gasteiger partial charge in [-0.15, -0.1) is 0 Å². The number of aliphatic hydroxyl groups is 1. The van der Waals surface area contributed by atoms with Gasteiger partial charge in [-0.2, -0.15) is 4.31 Å². The first-order valence-electron chi connectivity index (χ1n) is 7.74. The lowest BCUT2D eigenvalue weighted by Gasteiger charge is -2.37. The number of ether oxygens (including phenoxy) is 1. The maximum absolute atomic E-state index is 12.7. The van der Waals surface area contributed by atoms with Crippen LogP contribution in [0.2, 0.25) is 0 Å². The summed E-state index contributed by atoms with van der Waals surface area (Å²) < 4.78 is 31.9. The van der Waals surface area contributed by atoms with Gasteiger partial charge < -0.3 is 9.84 Å². The van der Waals surface area contributed by atoms with Gasteiger partial charge in [0.2, 0.25) is 10.0 Å². The molecule has 1 aliphatic rings. The van der Waals surface area contributed by atoms with Gasteiger partial charge in [0.05, 0.1) is 17.7 Å². The highest BCUT2D eigenvalue weighted by molar-refractivity contribution is 7.89. The van der Waals surface area contributed by atoms with Crippen molar-refractivity contribution in [3.8, 4) is 5.75 Å². The molecule has 0 saturated carbocycles. The molecule has 1 fully saturated rings. The van der Waals surface area contributed by atoms with Gasteiger partial charge in [-0.05, 0) is 49.2 Å². The van der Waals surface area contributed by atoms with Gasteiger partial charge >= 0.3 is 0 Å². The zero-order chi connectivity index (χ0) is 17.2. The number of sulfonamides is 1. The van der Waals surface area contributed by atoms with E-state index in [9.17, 15) is 13.5 Å². The highest BCUT2D eigenvalue weighted by Gasteiger charge is 2.39. The van der Waals surface area contributed by atoms with Crippen molar-refractivity contribution in [1.82, 2.24) is 9.29 Å². The average molecular weight is 348 g/mol. The summed E-state index contributed by atoms with van der Waals surface area (Å²) in [6.45, 7) is 0.503. The molecule has 2 heterocycles. The third-order valence-corrected chi connectivity index (χ3v) is 6.30. The first kappa shape index (κ1) is 16.9. The first-order valence-corrected chi connectivity index (χ1v) is 9.18. The van der Waals surface area contributed by atoms with Crippen molar-refractivity contribution in [2.45, 2.75) is 23.3 Å². The van der Waals surface area contributed by atoms with Crippen LogP contribution in [0, 0.1) is 0 Å². The molecule has 0 bridgehead atoms. The van der Waals surface area contributed by atoms with E-state index in [0.717, 1.165) is 0 Å². The number of aromatic nitrogens is 1. The smallest absolute Gasteiger partial charge is 0.243 e. The fourth-order valence-corrected chi connectivity index (χ4v) is 4.33. The second-order valence-corrected chi connectivity index (χ2v) is 7.76. The predicted molar refractivity (Wildman–Crippen MR) is 89.1 cm³/mol. The Bertz CT molecular complexity index is 783. The van der Waals surface area contributed by atoms with Gasteiger partial charge in [-0.1, -0.05) is 6.07 Å². The molecule has 7 heteroatoms. The standard InChI is InChI=1S/C17H20N2O4S/c1-23-14-5-7-15(8-6-14)24(21,22)19-12-9-17(20,10-13-19)16-4-2-3-11-18-16/h2-8,11,20H,9-10,12-13H2,1H3. The maximum Gasteiger partial charge on any atom is 0.243 e. The molecule has 0 spiro atoms. The average Bonchev–Trinajstić information content (AvgIpc) is 2.63. The molecule has 1 aliphatic heterocycles. The van der Waals surface area contributed by atoms with E-state index in [1.807, 2.05) is 6.07 Å². The molecule has 1 N–H and O–H groups in total. The SMILES string of the molecule is COc1ccc(S(=O)(=O)N2CCC(O)(c3ccccn3)CC2)cc1. The van der Waals surface area contributed by atoms with Crippen LogP contribution < -0.4 is 4.74 Å². The van der Waals surface area contributed by atoms with Crippen molar-refractivity contribution < 1.29 is 18.3 Å². The molecule has 0 amide bonds. The minimum absolute atomic E-state index is 0.228. The number of rotatable bonds is 4. The third kappa shape index (κ3) is 3.15. The Morgan fingerprint density at radius 1 is 1.12 bits per heavy atom. The summed E-state index contributed by atoms with van der Waals surface area (Å²) in [5, 5.41) is 10.8. The Morgan fingerprint density at radius 2 is 1.79 bits per heavy atom. The van der Waals surface area contributed by atoms with Crippen LogP contribution in [-0.2, 0) is 15.6 Å². The van der Waals surface area contributed by atoms with E-state index in [1.165, 1.54) is 23.5 Å². The Hall–Kier alpha value is -1.96. The lowest BCUT2D eigenvalue weighted by molar-refractivity contribution is -0.0134. The number of hydrogen-bond acceptors (Lipinski definition) is 5. The van der Waals surface area contributed by atoms with Crippen LogP contribution >= 0.6 is 0 Å². The minimum Gasteiger partial charge on any atom is -0.497 e. The molecule has 0 aliphatic carbocycles. The second-order valence-electron chi connectivity index (χ2n) is 5.83. The van der Waals surface area contributed by atoms with Crippen molar-refractivity contribution in [2.24, 2.45) is 0 Å². The molecule has 0 unspecified atom stereocenters. The maximum atomic E-state index is 12.7. The molecule has 0 radical (unpaired) electrons. The molecular weight excluding hydrogens is 328 g/mol.